The fourth-order valence-electron chi connectivity index (χ4n) is 2.69. The van der Waals surface area contributed by atoms with Gasteiger partial charge in [0.1, 0.15) is 5.75 Å². The number of fused-ring (bicyclic) bond motifs is 1. The van der Waals surface area contributed by atoms with Gasteiger partial charge >= 0.3 is 6.18 Å². The number of hydrogen-bond donors (Lipinski definition) is 1. The first-order chi connectivity index (χ1) is 12.6. The Morgan fingerprint density at radius 3 is 2.56 bits per heavy atom. The summed E-state index contributed by atoms with van der Waals surface area (Å²) in [6, 6.07) is 9.58. The highest BCUT2D eigenvalue weighted by atomic mass is 32.2. The minimum Gasteiger partial charge on any atom is -0.476 e. The van der Waals surface area contributed by atoms with Crippen LogP contribution in [0.4, 0.5) is 18.9 Å². The van der Waals surface area contributed by atoms with E-state index in [-0.39, 0.29) is 18.0 Å². The van der Waals surface area contributed by atoms with Crippen LogP contribution in [0.25, 0.3) is 0 Å². The van der Waals surface area contributed by atoms with Gasteiger partial charge in [-0.3, -0.25) is 9.10 Å². The molecule has 0 aliphatic carbocycles. The van der Waals surface area contributed by atoms with Crippen molar-refractivity contribution in [1.29, 1.82) is 0 Å². The molecule has 0 saturated carbocycles. The summed E-state index contributed by atoms with van der Waals surface area (Å²) in [6.07, 6.45) is -5.82. The molecule has 1 amide bonds. The number of sulfonamides is 1. The zero-order valence-electron chi connectivity index (χ0n) is 14.0. The number of para-hydroxylation sites is 2. The number of hydrogen-bond acceptors (Lipinski definition) is 4. The molecule has 27 heavy (non-hydrogen) atoms. The van der Waals surface area contributed by atoms with Crippen LogP contribution in [-0.2, 0) is 21.0 Å². The van der Waals surface area contributed by atoms with E-state index < -0.39 is 38.7 Å². The van der Waals surface area contributed by atoms with Gasteiger partial charge in [-0.15, -0.1) is 0 Å². The van der Waals surface area contributed by atoms with Gasteiger partial charge in [-0.1, -0.05) is 18.2 Å². The maximum absolute atomic E-state index is 13.1. The van der Waals surface area contributed by atoms with Crippen molar-refractivity contribution >= 4 is 21.6 Å². The van der Waals surface area contributed by atoms with E-state index in [0.29, 0.717) is 6.07 Å². The number of amides is 1. The first kappa shape index (κ1) is 19.0. The molecule has 0 spiro atoms. The fraction of sp³-hybridized carbons (Fsp3) is 0.235. The lowest BCUT2D eigenvalue weighted by molar-refractivity contribution is -0.137. The second kappa shape index (κ2) is 6.76. The molecule has 3 rings (SSSR count). The van der Waals surface area contributed by atoms with Crippen molar-refractivity contribution < 1.29 is 31.1 Å². The summed E-state index contributed by atoms with van der Waals surface area (Å²) >= 11 is 0. The number of benzene rings is 2. The van der Waals surface area contributed by atoms with E-state index in [0.717, 1.165) is 22.5 Å². The van der Waals surface area contributed by atoms with Crippen LogP contribution < -0.4 is 14.4 Å². The van der Waals surface area contributed by atoms with Crippen molar-refractivity contribution in [2.75, 3.05) is 17.9 Å². The summed E-state index contributed by atoms with van der Waals surface area (Å²) in [7, 11) is -2.99. The maximum atomic E-state index is 13.1. The molecular formula is C17H15F3N2O4S. The zero-order valence-corrected chi connectivity index (χ0v) is 14.8. The van der Waals surface area contributed by atoms with Gasteiger partial charge in [0.15, 0.2) is 6.10 Å². The van der Waals surface area contributed by atoms with Crippen molar-refractivity contribution in [1.82, 2.24) is 5.32 Å². The Kier molecular flexibility index (Phi) is 4.77. The van der Waals surface area contributed by atoms with Gasteiger partial charge in [-0.2, -0.15) is 13.2 Å². The van der Waals surface area contributed by atoms with Crippen LogP contribution in [0.3, 0.4) is 0 Å². The number of halogens is 3. The molecule has 1 aliphatic heterocycles. The van der Waals surface area contributed by atoms with Gasteiger partial charge in [0.05, 0.1) is 22.7 Å². The minimum atomic E-state index is -4.68. The molecule has 1 heterocycles. The molecule has 10 heteroatoms. The topological polar surface area (TPSA) is 75.7 Å². The van der Waals surface area contributed by atoms with E-state index >= 15 is 0 Å². The number of carbonyl (C=O) groups is 1. The number of carbonyl (C=O) groups excluding carboxylic acids is 1. The van der Waals surface area contributed by atoms with E-state index in [1.54, 1.807) is 12.1 Å². The van der Waals surface area contributed by atoms with Crippen molar-refractivity contribution in [2.24, 2.45) is 0 Å². The molecule has 2 aromatic rings. The Bertz CT molecular complexity index is 976. The fourth-order valence-corrected chi connectivity index (χ4v) is 4.21. The zero-order chi connectivity index (χ0) is 19.8. The van der Waals surface area contributed by atoms with Crippen LogP contribution in [0.2, 0.25) is 0 Å². The van der Waals surface area contributed by atoms with Crippen molar-refractivity contribution in [3.05, 3.63) is 54.1 Å². The first-order valence-electron chi connectivity index (χ1n) is 7.82. The molecule has 1 aliphatic rings. The van der Waals surface area contributed by atoms with E-state index in [9.17, 15) is 26.4 Å². The maximum Gasteiger partial charge on any atom is 0.416 e. The number of alkyl halides is 3. The number of anilines is 1. The molecular weight excluding hydrogens is 385 g/mol. The Morgan fingerprint density at radius 1 is 1.19 bits per heavy atom. The second-order valence-electron chi connectivity index (χ2n) is 5.75. The van der Waals surface area contributed by atoms with E-state index in [1.165, 1.54) is 19.2 Å². The lowest BCUT2D eigenvalue weighted by atomic mass is 10.2. The predicted octanol–water partition coefficient (Wildman–Crippen LogP) is 2.41. The molecule has 0 saturated heterocycles. The average Bonchev–Trinajstić information content (AvgIpc) is 2.65. The second-order valence-corrected chi connectivity index (χ2v) is 7.61. The van der Waals surface area contributed by atoms with E-state index in [2.05, 4.69) is 5.32 Å². The normalized spacial score (nSPS) is 17.0. The van der Waals surface area contributed by atoms with Gasteiger partial charge in [-0.05, 0) is 30.3 Å². The highest BCUT2D eigenvalue weighted by molar-refractivity contribution is 7.92. The van der Waals surface area contributed by atoms with E-state index in [1.807, 2.05) is 0 Å². The van der Waals surface area contributed by atoms with Crippen LogP contribution in [0.5, 0.6) is 5.75 Å². The summed E-state index contributed by atoms with van der Waals surface area (Å²) in [4.78, 5) is 11.4. The standard InChI is InChI=1S/C17H15F3N2O4S/c1-21-16(23)15-10-22(13-7-2-3-8-14(13)26-15)27(24,25)12-6-4-5-11(9-12)17(18,19)20/h2-9,15H,10H2,1H3,(H,21,23)/t15-/m1/s1. The Morgan fingerprint density at radius 2 is 1.89 bits per heavy atom. The molecule has 0 bridgehead atoms. The van der Waals surface area contributed by atoms with Gasteiger partial charge in [0, 0.05) is 7.05 Å². The minimum absolute atomic E-state index is 0.146. The van der Waals surface area contributed by atoms with Crippen LogP contribution in [0.1, 0.15) is 5.56 Å². The first-order valence-corrected chi connectivity index (χ1v) is 9.26. The third-order valence-electron chi connectivity index (χ3n) is 4.02. The number of nitrogens with zero attached hydrogens (tertiary/aromatic N) is 1. The average molecular weight is 400 g/mol. The Labute approximate surface area is 153 Å². The Hall–Kier alpha value is -2.75. The van der Waals surface area contributed by atoms with Gasteiger partial charge < -0.3 is 10.1 Å². The van der Waals surface area contributed by atoms with Crippen molar-refractivity contribution in [3.63, 3.8) is 0 Å². The Balaban J connectivity index is 2.09. The number of rotatable bonds is 3. The van der Waals surface area contributed by atoms with Gasteiger partial charge in [-0.25, -0.2) is 8.42 Å². The molecule has 2 aromatic carbocycles. The molecule has 0 aromatic heterocycles. The van der Waals surface area contributed by atoms with Crippen LogP contribution in [-0.4, -0.2) is 34.0 Å². The van der Waals surface area contributed by atoms with Gasteiger partial charge in [0.25, 0.3) is 15.9 Å². The largest absolute Gasteiger partial charge is 0.476 e. The molecule has 6 nitrogen and oxygen atoms in total. The van der Waals surface area contributed by atoms with E-state index in [4.69, 9.17) is 4.74 Å². The summed E-state index contributed by atoms with van der Waals surface area (Å²) in [5, 5.41) is 2.37. The summed E-state index contributed by atoms with van der Waals surface area (Å²) < 4.78 is 71.4. The number of nitrogens with one attached hydrogen (secondary N) is 1. The summed E-state index contributed by atoms with van der Waals surface area (Å²) in [5.41, 5.74) is -0.928. The molecule has 0 fully saturated rings. The highest BCUT2D eigenvalue weighted by Gasteiger charge is 2.38. The third kappa shape index (κ3) is 3.57. The SMILES string of the molecule is CNC(=O)[C@H]1CN(S(=O)(=O)c2cccc(C(F)(F)F)c2)c2ccccc2O1. The smallest absolute Gasteiger partial charge is 0.416 e. The van der Waals surface area contributed by atoms with Crippen molar-refractivity contribution in [3.8, 4) is 5.75 Å². The summed E-state index contributed by atoms with van der Waals surface area (Å²) in [5.74, 6) is -0.401. The molecule has 144 valence electrons. The summed E-state index contributed by atoms with van der Waals surface area (Å²) in [6.45, 7) is -0.366. The molecule has 1 atom stereocenters. The monoisotopic (exact) mass is 400 g/mol. The lowest BCUT2D eigenvalue weighted by Crippen LogP contribution is -2.50. The van der Waals surface area contributed by atoms with Crippen molar-refractivity contribution in [2.45, 2.75) is 17.2 Å². The van der Waals surface area contributed by atoms with Crippen LogP contribution in [0.15, 0.2) is 53.4 Å². The van der Waals surface area contributed by atoms with Crippen LogP contribution >= 0.6 is 0 Å². The molecule has 1 N–H and O–H groups in total. The third-order valence-corrected chi connectivity index (χ3v) is 5.80. The quantitative estimate of drug-likeness (QED) is 0.859. The molecule has 0 unspecified atom stereocenters. The number of ether oxygens (including phenoxy) is 1. The molecule has 0 radical (unpaired) electrons. The van der Waals surface area contributed by atoms with Crippen LogP contribution in [0, 0.1) is 0 Å². The number of likely N-dealkylation sites (N-methyl/N-ethyl adjacent to an activating group) is 1. The predicted molar refractivity (Wildman–Crippen MR) is 90.9 cm³/mol. The lowest BCUT2D eigenvalue weighted by Gasteiger charge is -2.34. The van der Waals surface area contributed by atoms with Gasteiger partial charge in [0.2, 0.25) is 0 Å². The highest BCUT2D eigenvalue weighted by Crippen LogP contribution is 2.38.